The second-order valence-electron chi connectivity index (χ2n) is 4.38. The maximum absolute atomic E-state index is 10.7. The molecule has 0 radical (unpaired) electrons. The van der Waals surface area contributed by atoms with E-state index in [-0.39, 0.29) is 6.42 Å². The van der Waals surface area contributed by atoms with Crippen molar-refractivity contribution in [2.75, 3.05) is 18.0 Å². The van der Waals surface area contributed by atoms with E-state index >= 15 is 0 Å². The zero-order chi connectivity index (χ0) is 12.3. The highest BCUT2D eigenvalue weighted by Crippen LogP contribution is 2.25. The van der Waals surface area contributed by atoms with Gasteiger partial charge in [-0.1, -0.05) is 18.2 Å². The van der Waals surface area contributed by atoms with E-state index in [1.54, 1.807) is 0 Å². The molecule has 17 heavy (non-hydrogen) atoms. The van der Waals surface area contributed by atoms with E-state index in [4.69, 9.17) is 5.11 Å². The largest absolute Gasteiger partial charge is 0.479 e. The fourth-order valence-corrected chi connectivity index (χ4v) is 2.25. The Labute approximate surface area is 100 Å². The zero-order valence-electron chi connectivity index (χ0n) is 9.67. The first-order valence-electron chi connectivity index (χ1n) is 5.92. The molecule has 4 nitrogen and oxygen atoms in total. The third-order valence-corrected chi connectivity index (χ3v) is 3.14. The maximum Gasteiger partial charge on any atom is 0.332 e. The summed E-state index contributed by atoms with van der Waals surface area (Å²) in [6.07, 6.45) is 1.20. The van der Waals surface area contributed by atoms with Crippen LogP contribution in [0, 0.1) is 0 Å². The van der Waals surface area contributed by atoms with Gasteiger partial charge in [0.15, 0.2) is 6.10 Å². The highest BCUT2D eigenvalue weighted by Gasteiger charge is 2.19. The fourth-order valence-electron chi connectivity index (χ4n) is 2.25. The summed E-state index contributed by atoms with van der Waals surface area (Å²) in [6.45, 7) is 2.03. The van der Waals surface area contributed by atoms with Crippen LogP contribution in [0.4, 0.5) is 5.69 Å². The van der Waals surface area contributed by atoms with Gasteiger partial charge in [-0.15, -0.1) is 0 Å². The number of carbonyl (C=O) groups is 1. The Morgan fingerprint density at radius 1 is 1.29 bits per heavy atom. The molecule has 1 aromatic carbocycles. The van der Waals surface area contributed by atoms with Gasteiger partial charge in [-0.2, -0.15) is 0 Å². The molecule has 2 N–H and O–H groups in total. The van der Waals surface area contributed by atoms with Crippen LogP contribution in [0.1, 0.15) is 18.4 Å². The monoisotopic (exact) mass is 235 g/mol. The van der Waals surface area contributed by atoms with Gasteiger partial charge in [0.1, 0.15) is 0 Å². The molecule has 92 valence electrons. The van der Waals surface area contributed by atoms with Gasteiger partial charge < -0.3 is 15.1 Å². The molecule has 1 atom stereocenters. The van der Waals surface area contributed by atoms with E-state index in [1.165, 1.54) is 12.8 Å². The zero-order valence-corrected chi connectivity index (χ0v) is 9.67. The van der Waals surface area contributed by atoms with E-state index in [9.17, 15) is 9.90 Å². The molecule has 0 spiro atoms. The molecule has 0 aliphatic carbocycles. The number of hydrogen-bond donors (Lipinski definition) is 2. The summed E-state index contributed by atoms with van der Waals surface area (Å²) >= 11 is 0. The van der Waals surface area contributed by atoms with Gasteiger partial charge in [0, 0.05) is 25.2 Å². The van der Waals surface area contributed by atoms with Gasteiger partial charge in [0.25, 0.3) is 0 Å². The van der Waals surface area contributed by atoms with Crippen LogP contribution in [0.25, 0.3) is 0 Å². The van der Waals surface area contributed by atoms with Gasteiger partial charge in [-0.05, 0) is 24.5 Å². The van der Waals surface area contributed by atoms with Crippen molar-refractivity contribution < 1.29 is 15.0 Å². The van der Waals surface area contributed by atoms with Gasteiger partial charge in [0.2, 0.25) is 0 Å². The molecule has 1 saturated heterocycles. The lowest BCUT2D eigenvalue weighted by atomic mass is 10.1. The molecule has 0 amide bonds. The van der Waals surface area contributed by atoms with E-state index in [2.05, 4.69) is 4.90 Å². The number of aliphatic hydroxyl groups is 1. The second kappa shape index (κ2) is 5.19. The first kappa shape index (κ1) is 11.9. The molecular weight excluding hydrogens is 218 g/mol. The van der Waals surface area contributed by atoms with E-state index in [0.29, 0.717) is 0 Å². The van der Waals surface area contributed by atoms with Crippen LogP contribution in [0.2, 0.25) is 0 Å². The van der Waals surface area contributed by atoms with Crippen LogP contribution >= 0.6 is 0 Å². The number of rotatable bonds is 4. The number of carboxylic acid groups (broad SMARTS) is 1. The first-order valence-corrected chi connectivity index (χ1v) is 5.92. The Hall–Kier alpha value is -1.55. The molecule has 1 unspecified atom stereocenters. The number of aliphatic hydroxyl groups excluding tert-OH is 1. The van der Waals surface area contributed by atoms with Gasteiger partial charge in [-0.25, -0.2) is 4.79 Å². The summed E-state index contributed by atoms with van der Waals surface area (Å²) in [4.78, 5) is 12.9. The van der Waals surface area contributed by atoms with Gasteiger partial charge in [0.05, 0.1) is 0 Å². The molecule has 4 heteroatoms. The number of anilines is 1. The lowest BCUT2D eigenvalue weighted by Crippen LogP contribution is -2.25. The molecule has 1 fully saturated rings. The second-order valence-corrected chi connectivity index (χ2v) is 4.38. The topological polar surface area (TPSA) is 60.8 Å². The minimum Gasteiger partial charge on any atom is -0.479 e. The Kier molecular flexibility index (Phi) is 3.64. The van der Waals surface area contributed by atoms with Gasteiger partial charge >= 0.3 is 5.97 Å². The minimum atomic E-state index is -1.32. The Morgan fingerprint density at radius 3 is 2.59 bits per heavy atom. The standard InChI is InChI=1S/C13H17NO3/c15-12(13(16)17)9-10-5-1-2-6-11(10)14-7-3-4-8-14/h1-2,5-6,12,15H,3-4,7-9H2,(H,16,17). The van der Waals surface area contributed by atoms with Gasteiger partial charge in [-0.3, -0.25) is 0 Å². The van der Waals surface area contributed by atoms with E-state index in [1.807, 2.05) is 24.3 Å². The predicted octanol–water partition coefficient (Wildman–Crippen LogP) is 1.27. The number of hydrogen-bond acceptors (Lipinski definition) is 3. The third-order valence-electron chi connectivity index (χ3n) is 3.14. The Balaban J connectivity index is 2.18. The van der Waals surface area contributed by atoms with Crippen LogP contribution in [0.3, 0.4) is 0 Å². The molecule has 0 bridgehead atoms. The Morgan fingerprint density at radius 2 is 1.94 bits per heavy atom. The maximum atomic E-state index is 10.7. The number of benzene rings is 1. The van der Waals surface area contributed by atoms with Crippen LogP contribution in [0.15, 0.2) is 24.3 Å². The molecule has 0 saturated carbocycles. The first-order chi connectivity index (χ1) is 8.18. The molecule has 2 rings (SSSR count). The summed E-state index contributed by atoms with van der Waals surface area (Å²) in [5, 5.41) is 18.2. The summed E-state index contributed by atoms with van der Waals surface area (Å²) in [5.74, 6) is -1.17. The predicted molar refractivity (Wildman–Crippen MR) is 65.2 cm³/mol. The smallest absolute Gasteiger partial charge is 0.332 e. The summed E-state index contributed by atoms with van der Waals surface area (Å²) < 4.78 is 0. The molecule has 1 aliphatic rings. The van der Waals surface area contributed by atoms with Crippen molar-refractivity contribution in [3.8, 4) is 0 Å². The van der Waals surface area contributed by atoms with Crippen LogP contribution in [0.5, 0.6) is 0 Å². The average Bonchev–Trinajstić information content (AvgIpc) is 2.83. The summed E-state index contributed by atoms with van der Waals surface area (Å²) in [5.41, 5.74) is 1.97. The van der Waals surface area contributed by atoms with E-state index < -0.39 is 12.1 Å². The normalized spacial score (nSPS) is 17.1. The highest BCUT2D eigenvalue weighted by molar-refractivity contribution is 5.73. The lowest BCUT2D eigenvalue weighted by Gasteiger charge is -2.21. The molecule has 1 heterocycles. The van der Waals surface area contributed by atoms with Crippen LogP contribution < -0.4 is 4.90 Å². The van der Waals surface area contributed by atoms with Crippen LogP contribution in [-0.4, -0.2) is 35.4 Å². The highest BCUT2D eigenvalue weighted by atomic mass is 16.4. The Bertz CT molecular complexity index is 399. The quantitative estimate of drug-likeness (QED) is 0.825. The number of para-hydroxylation sites is 1. The molecule has 1 aromatic rings. The number of carboxylic acids is 1. The summed E-state index contributed by atoms with van der Waals surface area (Å²) in [7, 11) is 0. The number of nitrogens with zero attached hydrogens (tertiary/aromatic N) is 1. The fraction of sp³-hybridized carbons (Fsp3) is 0.462. The van der Waals surface area contributed by atoms with Crippen molar-refractivity contribution in [1.29, 1.82) is 0 Å². The molecule has 1 aliphatic heterocycles. The average molecular weight is 235 g/mol. The van der Waals surface area contributed by atoms with Crippen LogP contribution in [-0.2, 0) is 11.2 Å². The SMILES string of the molecule is O=C(O)C(O)Cc1ccccc1N1CCCC1. The van der Waals surface area contributed by atoms with Crippen molar-refractivity contribution in [3.63, 3.8) is 0 Å². The van der Waals surface area contributed by atoms with E-state index in [0.717, 1.165) is 24.3 Å². The molecule has 0 aromatic heterocycles. The minimum absolute atomic E-state index is 0.169. The van der Waals surface area contributed by atoms with Crippen molar-refractivity contribution in [2.24, 2.45) is 0 Å². The van der Waals surface area contributed by atoms with Crippen molar-refractivity contribution in [3.05, 3.63) is 29.8 Å². The van der Waals surface area contributed by atoms with Crippen molar-refractivity contribution >= 4 is 11.7 Å². The van der Waals surface area contributed by atoms with Crippen molar-refractivity contribution in [1.82, 2.24) is 0 Å². The molecular formula is C13H17NO3. The number of aliphatic carboxylic acids is 1. The third kappa shape index (κ3) is 2.77. The summed E-state index contributed by atoms with van der Waals surface area (Å²) in [6, 6.07) is 7.71. The van der Waals surface area contributed by atoms with Crippen molar-refractivity contribution in [2.45, 2.75) is 25.4 Å². The lowest BCUT2D eigenvalue weighted by molar-refractivity contribution is -0.146.